The molecule has 2 aromatic rings. The predicted molar refractivity (Wildman–Crippen MR) is 87.5 cm³/mol. The topological polar surface area (TPSA) is 36.4 Å². The van der Waals surface area contributed by atoms with Gasteiger partial charge in [-0.25, -0.2) is 0 Å². The van der Waals surface area contributed by atoms with E-state index in [1.165, 1.54) is 0 Å². The highest BCUT2D eigenvalue weighted by Gasteiger charge is 1.95. The number of nitrogens with zero attached hydrogens (tertiary/aromatic N) is 1. The molecule has 0 unspecified atom stereocenters. The molecule has 0 aliphatic rings. The molecule has 2 aromatic carbocycles. The number of hydrogen-bond donors (Lipinski definition) is 2. The summed E-state index contributed by atoms with van der Waals surface area (Å²) >= 11 is 8.59. The molecule has 0 aliphatic heterocycles. The maximum Gasteiger partial charge on any atom is 0.191 e. The fourth-order valence-electron chi connectivity index (χ4n) is 1.42. The van der Waals surface area contributed by atoms with Gasteiger partial charge >= 0.3 is 0 Å². The Hall–Kier alpha value is -1.72. The highest BCUT2D eigenvalue weighted by molar-refractivity contribution is 9.10. The number of nitrogens with one attached hydrogen (secondary N) is 2. The lowest BCUT2D eigenvalue weighted by Crippen LogP contribution is -2.23. The van der Waals surface area contributed by atoms with Gasteiger partial charge in [-0.1, -0.05) is 52.3 Å². The van der Waals surface area contributed by atoms with E-state index in [1.807, 2.05) is 54.6 Å². The molecule has 5 heteroatoms. The highest BCUT2D eigenvalue weighted by atomic mass is 79.9. The zero-order chi connectivity index (χ0) is 13.5. The van der Waals surface area contributed by atoms with E-state index in [0.717, 1.165) is 15.7 Å². The zero-order valence-corrected chi connectivity index (χ0v) is 12.4. The summed E-state index contributed by atoms with van der Waals surface area (Å²) in [5.74, 6) is 0. The molecule has 19 heavy (non-hydrogen) atoms. The molecule has 0 saturated carbocycles. The smallest absolute Gasteiger partial charge is 0.191 e. The third-order valence-corrected chi connectivity index (χ3v) is 3.22. The van der Waals surface area contributed by atoms with E-state index in [4.69, 9.17) is 12.2 Å². The Morgan fingerprint density at radius 2 is 1.74 bits per heavy atom. The molecule has 0 saturated heterocycles. The third kappa shape index (κ3) is 4.46. The van der Waals surface area contributed by atoms with Crippen LogP contribution < -0.4 is 10.7 Å². The van der Waals surface area contributed by atoms with Crippen molar-refractivity contribution in [2.24, 2.45) is 5.10 Å². The summed E-state index contributed by atoms with van der Waals surface area (Å²) in [6.45, 7) is 0. The maximum absolute atomic E-state index is 5.14. The van der Waals surface area contributed by atoms with Crippen LogP contribution in [0, 0.1) is 0 Å². The summed E-state index contributed by atoms with van der Waals surface area (Å²) in [7, 11) is 0. The van der Waals surface area contributed by atoms with Crippen molar-refractivity contribution in [2.45, 2.75) is 0 Å². The molecule has 0 bridgehead atoms. The highest BCUT2D eigenvalue weighted by Crippen LogP contribution is 2.13. The Morgan fingerprint density at radius 1 is 1.05 bits per heavy atom. The van der Waals surface area contributed by atoms with Gasteiger partial charge in [0.15, 0.2) is 5.11 Å². The molecule has 0 aromatic heterocycles. The first-order valence-electron chi connectivity index (χ1n) is 5.65. The van der Waals surface area contributed by atoms with Gasteiger partial charge in [-0.2, -0.15) is 5.10 Å². The third-order valence-electron chi connectivity index (χ3n) is 2.31. The molecule has 0 amide bonds. The minimum absolute atomic E-state index is 0.453. The summed E-state index contributed by atoms with van der Waals surface area (Å²) in [4.78, 5) is 0. The van der Waals surface area contributed by atoms with E-state index in [2.05, 4.69) is 31.8 Å². The molecule has 0 spiro atoms. The number of rotatable bonds is 3. The van der Waals surface area contributed by atoms with Crippen LogP contribution in [0.5, 0.6) is 0 Å². The molecule has 0 radical (unpaired) electrons. The molecule has 2 N–H and O–H groups in total. The van der Waals surface area contributed by atoms with Crippen molar-refractivity contribution in [1.29, 1.82) is 0 Å². The summed E-state index contributed by atoms with van der Waals surface area (Å²) in [6.07, 6.45) is 1.71. The quantitative estimate of drug-likeness (QED) is 0.510. The van der Waals surface area contributed by atoms with Gasteiger partial charge < -0.3 is 5.32 Å². The van der Waals surface area contributed by atoms with Crippen LogP contribution in [0.3, 0.4) is 0 Å². The average Bonchev–Trinajstić information content (AvgIpc) is 2.42. The Balaban J connectivity index is 1.89. The van der Waals surface area contributed by atoms with Crippen molar-refractivity contribution >= 4 is 45.2 Å². The Labute approximate surface area is 125 Å². The van der Waals surface area contributed by atoms with Gasteiger partial charge in [0.1, 0.15) is 0 Å². The van der Waals surface area contributed by atoms with Crippen LogP contribution in [0.25, 0.3) is 0 Å². The molecule has 0 atom stereocenters. The molecular formula is C14H12BrN3S. The Kier molecular flexibility index (Phi) is 5.06. The molecule has 3 nitrogen and oxygen atoms in total. The van der Waals surface area contributed by atoms with Crippen molar-refractivity contribution in [1.82, 2.24) is 5.43 Å². The van der Waals surface area contributed by atoms with Gasteiger partial charge in [-0.05, 0) is 30.4 Å². The van der Waals surface area contributed by atoms with Crippen molar-refractivity contribution in [2.75, 3.05) is 5.32 Å². The zero-order valence-electron chi connectivity index (χ0n) is 10.0. The SMILES string of the molecule is S=C(N/N=C\c1ccccc1Br)Nc1ccccc1. The molecule has 0 aliphatic carbocycles. The van der Waals surface area contributed by atoms with Crippen molar-refractivity contribution in [3.05, 3.63) is 64.6 Å². The first kappa shape index (κ1) is 13.7. The first-order chi connectivity index (χ1) is 9.25. The number of benzene rings is 2. The maximum atomic E-state index is 5.14. The second-order valence-electron chi connectivity index (χ2n) is 3.71. The van der Waals surface area contributed by atoms with Gasteiger partial charge in [0.25, 0.3) is 0 Å². The number of anilines is 1. The molecule has 2 rings (SSSR count). The average molecular weight is 334 g/mol. The molecule has 96 valence electrons. The number of halogens is 1. The monoisotopic (exact) mass is 333 g/mol. The van der Waals surface area contributed by atoms with E-state index in [9.17, 15) is 0 Å². The van der Waals surface area contributed by atoms with Crippen LogP contribution >= 0.6 is 28.1 Å². The lowest BCUT2D eigenvalue weighted by atomic mass is 10.2. The van der Waals surface area contributed by atoms with Crippen LogP contribution in [-0.4, -0.2) is 11.3 Å². The number of hydrazone groups is 1. The normalized spacial score (nSPS) is 10.4. The van der Waals surface area contributed by atoms with E-state index < -0.39 is 0 Å². The van der Waals surface area contributed by atoms with Crippen LogP contribution in [0.2, 0.25) is 0 Å². The van der Waals surface area contributed by atoms with E-state index >= 15 is 0 Å². The second-order valence-corrected chi connectivity index (χ2v) is 4.97. The van der Waals surface area contributed by atoms with Crippen LogP contribution in [-0.2, 0) is 0 Å². The summed E-state index contributed by atoms with van der Waals surface area (Å²) in [5.41, 5.74) is 4.69. The summed E-state index contributed by atoms with van der Waals surface area (Å²) < 4.78 is 0.988. The largest absolute Gasteiger partial charge is 0.331 e. The number of para-hydroxylation sites is 1. The Morgan fingerprint density at radius 3 is 2.47 bits per heavy atom. The Bertz CT molecular complexity index is 584. The predicted octanol–water partition coefficient (Wildman–Crippen LogP) is 3.77. The fraction of sp³-hybridized carbons (Fsp3) is 0. The van der Waals surface area contributed by atoms with E-state index in [-0.39, 0.29) is 0 Å². The standard InChI is InChI=1S/C14H12BrN3S/c15-13-9-5-4-6-11(13)10-16-18-14(19)17-12-7-2-1-3-8-12/h1-10H,(H2,17,18,19)/b16-10-. The minimum Gasteiger partial charge on any atom is -0.331 e. The molecular weight excluding hydrogens is 322 g/mol. The van der Waals surface area contributed by atoms with Crippen LogP contribution in [0.4, 0.5) is 5.69 Å². The summed E-state index contributed by atoms with van der Waals surface area (Å²) in [6, 6.07) is 17.5. The van der Waals surface area contributed by atoms with Crippen molar-refractivity contribution < 1.29 is 0 Å². The van der Waals surface area contributed by atoms with Crippen LogP contribution in [0.15, 0.2) is 64.2 Å². The first-order valence-corrected chi connectivity index (χ1v) is 6.85. The van der Waals surface area contributed by atoms with Gasteiger partial charge in [-0.3, -0.25) is 5.43 Å². The van der Waals surface area contributed by atoms with Crippen molar-refractivity contribution in [3.8, 4) is 0 Å². The van der Waals surface area contributed by atoms with Gasteiger partial charge in [0.05, 0.1) is 6.21 Å². The van der Waals surface area contributed by atoms with Gasteiger partial charge in [0.2, 0.25) is 0 Å². The van der Waals surface area contributed by atoms with E-state index in [0.29, 0.717) is 5.11 Å². The van der Waals surface area contributed by atoms with Gasteiger partial charge in [-0.15, -0.1) is 0 Å². The minimum atomic E-state index is 0.453. The van der Waals surface area contributed by atoms with Crippen molar-refractivity contribution in [3.63, 3.8) is 0 Å². The lowest BCUT2D eigenvalue weighted by Gasteiger charge is -2.06. The number of hydrogen-bond acceptors (Lipinski definition) is 2. The van der Waals surface area contributed by atoms with Gasteiger partial charge in [0, 0.05) is 15.7 Å². The molecule has 0 heterocycles. The lowest BCUT2D eigenvalue weighted by molar-refractivity contribution is 1.05. The molecule has 0 fully saturated rings. The van der Waals surface area contributed by atoms with E-state index in [1.54, 1.807) is 6.21 Å². The fourth-order valence-corrected chi connectivity index (χ4v) is 1.98. The van der Waals surface area contributed by atoms with Crippen LogP contribution in [0.1, 0.15) is 5.56 Å². The number of thiocarbonyl (C=S) groups is 1. The summed E-state index contributed by atoms with van der Waals surface area (Å²) in [5, 5.41) is 7.58. The second kappa shape index (κ2) is 7.01.